The van der Waals surface area contributed by atoms with Crippen LogP contribution in [0.15, 0.2) is 134 Å². The minimum atomic E-state index is -1.98. The lowest BCUT2D eigenvalue weighted by Crippen LogP contribution is -2.66. The number of allylic oxidation sites excluding steroid dienone is 22. The smallest absolute Gasteiger partial charge is 0.220 e. The van der Waals surface area contributed by atoms with E-state index in [0.717, 1.165) is 141 Å². The van der Waals surface area contributed by atoms with Crippen molar-refractivity contribution >= 4 is 5.91 Å². The lowest BCUT2D eigenvalue weighted by atomic mass is 9.96. The molecule has 3 fully saturated rings. The molecule has 110 heavy (non-hydrogen) atoms. The van der Waals surface area contributed by atoms with Crippen molar-refractivity contribution in [3.05, 3.63) is 134 Å². The Hall–Kier alpha value is -4.07. The first kappa shape index (κ1) is 100. The Morgan fingerprint density at radius 1 is 0.336 bits per heavy atom. The fraction of sp³-hybridized carbons (Fsp3) is 0.747. The van der Waals surface area contributed by atoms with Crippen molar-refractivity contribution < 1.29 is 89.4 Å². The molecule has 0 radical (unpaired) electrons. The van der Waals surface area contributed by atoms with Gasteiger partial charge in [-0.05, 0) is 96.3 Å². The van der Waals surface area contributed by atoms with Gasteiger partial charge in [-0.15, -0.1) is 0 Å². The average molecular weight is 1550 g/mol. The number of carbonyl (C=O) groups is 1. The van der Waals surface area contributed by atoms with Gasteiger partial charge in [0.25, 0.3) is 0 Å². The summed E-state index contributed by atoms with van der Waals surface area (Å²) in [4.78, 5) is 13.5. The van der Waals surface area contributed by atoms with Gasteiger partial charge in [0.05, 0.1) is 38.6 Å². The molecule has 3 aliphatic heterocycles. The summed E-state index contributed by atoms with van der Waals surface area (Å²) in [5, 5.41) is 121. The summed E-state index contributed by atoms with van der Waals surface area (Å²) in [6.45, 7) is 1.70. The van der Waals surface area contributed by atoms with Gasteiger partial charge in [-0.3, -0.25) is 4.79 Å². The quantitative estimate of drug-likeness (QED) is 0.0199. The van der Waals surface area contributed by atoms with Gasteiger partial charge in [0, 0.05) is 6.42 Å². The first-order chi connectivity index (χ1) is 53.8. The molecule has 17 atom stereocenters. The highest BCUT2D eigenvalue weighted by molar-refractivity contribution is 5.76. The Kier molecular flexibility index (Phi) is 63.0. The van der Waals surface area contributed by atoms with E-state index in [1.807, 2.05) is 0 Å². The number of aliphatic hydroxyl groups is 11. The highest BCUT2D eigenvalue weighted by Gasteiger charge is 2.54. The van der Waals surface area contributed by atoms with Gasteiger partial charge >= 0.3 is 0 Å². The second kappa shape index (κ2) is 69.3. The zero-order valence-electron chi connectivity index (χ0n) is 67.9. The van der Waals surface area contributed by atoms with Gasteiger partial charge in [-0.1, -0.05) is 334 Å². The lowest BCUT2D eigenvalue weighted by molar-refractivity contribution is -0.379. The molecule has 17 unspecified atom stereocenters. The van der Waals surface area contributed by atoms with Gasteiger partial charge < -0.3 is 89.9 Å². The van der Waals surface area contributed by atoms with Crippen LogP contribution in [0.3, 0.4) is 0 Å². The summed E-state index contributed by atoms with van der Waals surface area (Å²) < 4.78 is 34.5. The number of aliphatic hydroxyl groups excluding tert-OH is 11. The average Bonchev–Trinajstić information content (AvgIpc) is 0.782. The summed E-state index contributed by atoms with van der Waals surface area (Å²) in [7, 11) is 0. The van der Waals surface area contributed by atoms with E-state index in [4.69, 9.17) is 28.4 Å². The van der Waals surface area contributed by atoms with Crippen molar-refractivity contribution in [2.45, 2.75) is 407 Å². The highest BCUT2D eigenvalue weighted by Crippen LogP contribution is 2.33. The lowest BCUT2D eigenvalue weighted by Gasteiger charge is -2.48. The molecule has 0 saturated carbocycles. The molecule has 3 rings (SSSR count). The number of amides is 1. The van der Waals surface area contributed by atoms with E-state index >= 15 is 0 Å². The minimum absolute atomic E-state index is 0.246. The number of hydrogen-bond acceptors (Lipinski definition) is 18. The second-order valence-electron chi connectivity index (χ2n) is 30.3. The Morgan fingerprint density at radius 3 is 0.982 bits per heavy atom. The number of unbranched alkanes of at least 4 members (excludes halogenated alkanes) is 30. The van der Waals surface area contributed by atoms with E-state index < -0.39 is 124 Å². The maximum atomic E-state index is 13.5. The standard InChI is InChI=1S/C91H155NO18/c1-3-5-7-9-11-13-15-17-19-21-23-25-27-29-30-31-32-33-34-35-36-37-38-39-40-41-42-43-44-45-47-49-51-53-55-57-59-61-63-65-67-69-79(97)92-74(75(96)68-66-64-62-60-58-56-54-52-50-48-46-28-26-24-22-20-18-16-14-12-10-8-6-4-2)73-105-89-85(103)82(100)87(77(71-94)107-89)110-91-86(104)83(101)88(78(72-95)108-91)109-90-84(102)81(99)80(98)76(70-93)106-90/h5,7,11,13,17,19,23,25,29-30,32-33,35-36,38-39,41-42,44-45,49,51,74-78,80-91,93-96,98-104H,3-4,6,8-10,12,14-16,18,20-22,24,26-28,31,34,37,40,43,46-48,50,52-73H2,1-2H3,(H,92,97)/b7-5-,13-11-,19-17-,25-23-,30-29-,33-32-,36-35-,39-38-,42-41-,45-44-,51-49-. The zero-order valence-corrected chi connectivity index (χ0v) is 67.9. The molecular weight excluding hydrogens is 1390 g/mol. The Bertz CT molecular complexity index is 2510. The van der Waals surface area contributed by atoms with E-state index in [-0.39, 0.29) is 18.9 Å². The van der Waals surface area contributed by atoms with Gasteiger partial charge in [0.15, 0.2) is 18.9 Å². The molecule has 0 aromatic carbocycles. The Morgan fingerprint density at radius 2 is 0.627 bits per heavy atom. The van der Waals surface area contributed by atoms with Crippen molar-refractivity contribution in [2.24, 2.45) is 0 Å². The molecule has 12 N–H and O–H groups in total. The summed E-state index contributed by atoms with van der Waals surface area (Å²) >= 11 is 0. The predicted octanol–water partition coefficient (Wildman–Crippen LogP) is 16.0. The molecule has 0 spiro atoms. The topological polar surface area (TPSA) is 307 Å². The summed E-state index contributed by atoms with van der Waals surface area (Å²) in [5.74, 6) is -0.256. The van der Waals surface area contributed by atoms with E-state index in [1.54, 1.807) is 0 Å². The van der Waals surface area contributed by atoms with Crippen molar-refractivity contribution in [3.8, 4) is 0 Å². The molecule has 3 heterocycles. The third kappa shape index (κ3) is 47.7. The molecule has 3 saturated heterocycles. The molecule has 632 valence electrons. The van der Waals surface area contributed by atoms with Crippen LogP contribution in [0.25, 0.3) is 0 Å². The fourth-order valence-electron chi connectivity index (χ4n) is 13.9. The number of carbonyl (C=O) groups excluding carboxylic acids is 1. The SMILES string of the molecule is CC/C=C\C/C=C\C/C=C\C/C=C\C/C=C\C/C=C\C/C=C\C/C=C\C/C=C\C/C=C\C/C=C\CCCCCCCCCC(=O)NC(COC1OC(CO)C(OC2OC(CO)C(OC3OC(CO)C(O)C(O)C3O)C(O)C2O)C(O)C1O)C(O)CCCCCCCCCCCCCCCCCCCCCCCCCC. The van der Waals surface area contributed by atoms with Crippen molar-refractivity contribution in [3.63, 3.8) is 0 Å². The van der Waals surface area contributed by atoms with Gasteiger partial charge in [0.2, 0.25) is 5.91 Å². The van der Waals surface area contributed by atoms with Gasteiger partial charge in [-0.2, -0.15) is 0 Å². The van der Waals surface area contributed by atoms with Crippen molar-refractivity contribution in [2.75, 3.05) is 26.4 Å². The third-order valence-electron chi connectivity index (χ3n) is 20.7. The zero-order chi connectivity index (χ0) is 79.5. The summed E-state index contributed by atoms with van der Waals surface area (Å²) in [6.07, 6.45) is 72.5. The predicted molar refractivity (Wildman–Crippen MR) is 443 cm³/mol. The molecule has 0 aromatic rings. The van der Waals surface area contributed by atoms with Crippen LogP contribution in [0.5, 0.6) is 0 Å². The number of rotatable bonds is 68. The van der Waals surface area contributed by atoms with Crippen LogP contribution in [0.4, 0.5) is 0 Å². The normalized spacial score (nSPS) is 25.8. The molecule has 0 aromatic heterocycles. The third-order valence-corrected chi connectivity index (χ3v) is 20.7. The largest absolute Gasteiger partial charge is 0.394 e. The summed E-state index contributed by atoms with van der Waals surface area (Å²) in [5.41, 5.74) is 0. The van der Waals surface area contributed by atoms with E-state index in [9.17, 15) is 61.0 Å². The molecule has 19 heteroatoms. The van der Waals surface area contributed by atoms with Crippen LogP contribution in [-0.4, -0.2) is 193 Å². The first-order valence-corrected chi connectivity index (χ1v) is 43.4. The molecule has 1 amide bonds. The summed E-state index contributed by atoms with van der Waals surface area (Å²) in [6, 6.07) is -0.905. The second-order valence-corrected chi connectivity index (χ2v) is 30.3. The van der Waals surface area contributed by atoms with Crippen LogP contribution < -0.4 is 5.32 Å². The van der Waals surface area contributed by atoms with Gasteiger partial charge in [0.1, 0.15) is 73.2 Å². The highest BCUT2D eigenvalue weighted by atomic mass is 16.8. The van der Waals surface area contributed by atoms with Crippen LogP contribution in [0, 0.1) is 0 Å². The van der Waals surface area contributed by atoms with Crippen LogP contribution in [0.2, 0.25) is 0 Å². The van der Waals surface area contributed by atoms with Crippen LogP contribution >= 0.6 is 0 Å². The van der Waals surface area contributed by atoms with Crippen LogP contribution in [0.1, 0.15) is 303 Å². The maximum Gasteiger partial charge on any atom is 0.220 e. The first-order valence-electron chi connectivity index (χ1n) is 43.4. The Balaban J connectivity index is 1.34. The van der Waals surface area contributed by atoms with E-state index in [0.29, 0.717) is 12.8 Å². The molecular formula is C91H155NO18. The fourth-order valence-corrected chi connectivity index (χ4v) is 13.9. The Labute approximate surface area is 664 Å². The van der Waals surface area contributed by atoms with E-state index in [1.165, 1.54) is 128 Å². The molecule has 19 nitrogen and oxygen atoms in total. The number of nitrogens with one attached hydrogen (secondary N) is 1. The molecule has 3 aliphatic rings. The number of hydrogen-bond donors (Lipinski definition) is 12. The van der Waals surface area contributed by atoms with Gasteiger partial charge in [-0.25, -0.2) is 0 Å². The van der Waals surface area contributed by atoms with Crippen LogP contribution in [-0.2, 0) is 33.2 Å². The van der Waals surface area contributed by atoms with E-state index in [2.05, 4.69) is 153 Å². The van der Waals surface area contributed by atoms with Crippen molar-refractivity contribution in [1.82, 2.24) is 5.32 Å². The minimum Gasteiger partial charge on any atom is -0.394 e. The maximum absolute atomic E-state index is 13.5. The van der Waals surface area contributed by atoms with Crippen molar-refractivity contribution in [1.29, 1.82) is 0 Å². The monoisotopic (exact) mass is 1550 g/mol. The number of ether oxygens (including phenoxy) is 6. The molecule has 0 bridgehead atoms. The molecule has 0 aliphatic carbocycles.